The van der Waals surface area contributed by atoms with Crippen LogP contribution in [0.15, 0.2) is 36.8 Å². The Balaban J connectivity index is 1.86. The fourth-order valence-corrected chi connectivity index (χ4v) is 2.16. The van der Waals surface area contributed by atoms with Crippen molar-refractivity contribution in [3.63, 3.8) is 0 Å². The van der Waals surface area contributed by atoms with E-state index >= 15 is 0 Å². The Hall–Kier alpha value is -2.63. The molecule has 20 heavy (non-hydrogen) atoms. The van der Waals surface area contributed by atoms with Crippen molar-refractivity contribution in [2.24, 2.45) is 0 Å². The summed E-state index contributed by atoms with van der Waals surface area (Å²) in [4.78, 5) is 18.4. The summed E-state index contributed by atoms with van der Waals surface area (Å²) in [5.74, 6) is -0.102. The maximum Gasteiger partial charge on any atom is 0.274 e. The molecular weight excluding hydrogens is 254 g/mol. The molecule has 1 amide bonds. The first-order chi connectivity index (χ1) is 9.65. The van der Waals surface area contributed by atoms with Gasteiger partial charge in [-0.15, -0.1) is 0 Å². The molecule has 3 heterocycles. The highest BCUT2D eigenvalue weighted by molar-refractivity contribution is 5.92. The molecular formula is C14H15N5O. The first-order valence-electron chi connectivity index (χ1n) is 6.33. The minimum Gasteiger partial charge on any atom is -0.336 e. The van der Waals surface area contributed by atoms with Crippen molar-refractivity contribution < 1.29 is 4.79 Å². The summed E-state index contributed by atoms with van der Waals surface area (Å²) in [5.41, 5.74) is 3.24. The number of carbonyl (C=O) groups excluding carboxylic acids is 1. The maximum atomic E-state index is 12.4. The van der Waals surface area contributed by atoms with Crippen LogP contribution < -0.4 is 0 Å². The van der Waals surface area contributed by atoms with Crippen LogP contribution in [0.5, 0.6) is 0 Å². The van der Waals surface area contributed by atoms with Gasteiger partial charge in [0.15, 0.2) is 0 Å². The standard InChI is InChI=1S/C14H15N5O/c1-10-4-3-5-13-17-12(9-19(10)13)14(20)18(2)8-11-6-15-16-7-11/h3-7,9H,8H2,1-2H3,(H,15,16). The van der Waals surface area contributed by atoms with E-state index in [-0.39, 0.29) is 5.91 Å². The van der Waals surface area contributed by atoms with Crippen LogP contribution in [0.2, 0.25) is 0 Å². The van der Waals surface area contributed by atoms with E-state index in [1.807, 2.05) is 29.5 Å². The van der Waals surface area contributed by atoms with Gasteiger partial charge in [0, 0.05) is 37.2 Å². The molecule has 0 saturated heterocycles. The van der Waals surface area contributed by atoms with Crippen molar-refractivity contribution >= 4 is 11.6 Å². The number of hydrogen-bond acceptors (Lipinski definition) is 3. The van der Waals surface area contributed by atoms with Gasteiger partial charge in [0.25, 0.3) is 5.91 Å². The lowest BCUT2D eigenvalue weighted by Crippen LogP contribution is -2.26. The number of aromatic amines is 1. The Kier molecular flexibility index (Phi) is 2.98. The summed E-state index contributed by atoms with van der Waals surface area (Å²) in [7, 11) is 1.76. The number of fused-ring (bicyclic) bond motifs is 1. The monoisotopic (exact) mass is 269 g/mol. The molecule has 0 unspecified atom stereocenters. The molecule has 1 N–H and O–H groups in total. The second kappa shape index (κ2) is 4.80. The van der Waals surface area contributed by atoms with Crippen molar-refractivity contribution in [1.82, 2.24) is 24.5 Å². The van der Waals surface area contributed by atoms with Crippen molar-refractivity contribution in [1.29, 1.82) is 0 Å². The van der Waals surface area contributed by atoms with Gasteiger partial charge in [0.1, 0.15) is 11.3 Å². The molecule has 3 aromatic heterocycles. The Bertz CT molecular complexity index is 744. The minimum atomic E-state index is -0.102. The van der Waals surface area contributed by atoms with Gasteiger partial charge in [-0.25, -0.2) is 4.98 Å². The van der Waals surface area contributed by atoms with E-state index in [0.717, 1.165) is 16.9 Å². The normalized spacial score (nSPS) is 10.9. The highest BCUT2D eigenvalue weighted by Gasteiger charge is 2.16. The number of imidazole rings is 1. The quantitative estimate of drug-likeness (QED) is 0.786. The zero-order valence-electron chi connectivity index (χ0n) is 11.4. The van der Waals surface area contributed by atoms with Crippen molar-refractivity contribution in [2.75, 3.05) is 7.05 Å². The van der Waals surface area contributed by atoms with Gasteiger partial charge >= 0.3 is 0 Å². The summed E-state index contributed by atoms with van der Waals surface area (Å²) in [6, 6.07) is 5.80. The summed E-state index contributed by atoms with van der Waals surface area (Å²) in [6.07, 6.45) is 5.26. The number of carbonyl (C=O) groups is 1. The Morgan fingerprint density at radius 1 is 1.45 bits per heavy atom. The van der Waals surface area contributed by atoms with Crippen molar-refractivity contribution in [3.8, 4) is 0 Å². The van der Waals surface area contributed by atoms with E-state index in [2.05, 4.69) is 15.2 Å². The number of amides is 1. The molecule has 102 valence electrons. The number of nitrogens with zero attached hydrogens (tertiary/aromatic N) is 4. The maximum absolute atomic E-state index is 12.4. The average molecular weight is 269 g/mol. The predicted octanol–water partition coefficient (Wildman–Crippen LogP) is 1.64. The van der Waals surface area contributed by atoms with Crippen molar-refractivity contribution in [2.45, 2.75) is 13.5 Å². The Labute approximate surface area is 116 Å². The van der Waals surface area contributed by atoms with Crippen LogP contribution in [0.4, 0.5) is 0 Å². The highest BCUT2D eigenvalue weighted by atomic mass is 16.2. The van der Waals surface area contributed by atoms with E-state index in [4.69, 9.17) is 0 Å². The van der Waals surface area contributed by atoms with E-state index in [0.29, 0.717) is 12.2 Å². The Morgan fingerprint density at radius 3 is 3.00 bits per heavy atom. The number of rotatable bonds is 3. The molecule has 0 aliphatic rings. The first-order valence-corrected chi connectivity index (χ1v) is 6.33. The lowest BCUT2D eigenvalue weighted by molar-refractivity contribution is 0.0780. The van der Waals surface area contributed by atoms with E-state index in [9.17, 15) is 4.79 Å². The predicted molar refractivity (Wildman–Crippen MR) is 74.3 cm³/mol. The fraction of sp³-hybridized carbons (Fsp3) is 0.214. The lowest BCUT2D eigenvalue weighted by atomic mass is 10.3. The Morgan fingerprint density at radius 2 is 2.30 bits per heavy atom. The fourth-order valence-electron chi connectivity index (χ4n) is 2.16. The second-order valence-corrected chi connectivity index (χ2v) is 4.79. The number of pyridine rings is 1. The molecule has 0 spiro atoms. The second-order valence-electron chi connectivity index (χ2n) is 4.79. The molecule has 0 aliphatic heterocycles. The third-order valence-corrected chi connectivity index (χ3v) is 3.24. The van der Waals surface area contributed by atoms with Crippen LogP contribution in [0.3, 0.4) is 0 Å². The molecule has 0 bridgehead atoms. The van der Waals surface area contributed by atoms with Crippen LogP contribution in [-0.2, 0) is 6.54 Å². The molecule has 6 heteroatoms. The number of hydrogen-bond donors (Lipinski definition) is 1. The average Bonchev–Trinajstić information content (AvgIpc) is 3.07. The molecule has 6 nitrogen and oxygen atoms in total. The smallest absolute Gasteiger partial charge is 0.274 e. The van der Waals surface area contributed by atoms with E-state index in [1.165, 1.54) is 0 Å². The number of nitrogens with one attached hydrogen (secondary N) is 1. The first kappa shape index (κ1) is 12.4. The van der Waals surface area contributed by atoms with Gasteiger partial charge < -0.3 is 9.30 Å². The third kappa shape index (κ3) is 2.16. The van der Waals surface area contributed by atoms with E-state index < -0.39 is 0 Å². The summed E-state index contributed by atoms with van der Waals surface area (Å²) in [6.45, 7) is 2.49. The number of H-pyrrole nitrogens is 1. The number of aromatic nitrogens is 4. The molecule has 3 aromatic rings. The molecule has 0 aromatic carbocycles. The molecule has 0 radical (unpaired) electrons. The van der Waals surface area contributed by atoms with Crippen LogP contribution in [0, 0.1) is 6.92 Å². The zero-order valence-corrected chi connectivity index (χ0v) is 11.4. The van der Waals surface area contributed by atoms with Gasteiger partial charge in [-0.2, -0.15) is 5.10 Å². The molecule has 0 saturated carbocycles. The van der Waals surface area contributed by atoms with Crippen LogP contribution >= 0.6 is 0 Å². The molecule has 0 fully saturated rings. The van der Waals surface area contributed by atoms with Gasteiger partial charge in [0.2, 0.25) is 0 Å². The lowest BCUT2D eigenvalue weighted by Gasteiger charge is -2.14. The largest absolute Gasteiger partial charge is 0.336 e. The van der Waals surface area contributed by atoms with Crippen molar-refractivity contribution in [3.05, 3.63) is 53.7 Å². The van der Waals surface area contributed by atoms with Crippen LogP contribution in [0.1, 0.15) is 21.7 Å². The molecule has 0 atom stereocenters. The van der Waals surface area contributed by atoms with Crippen LogP contribution in [0.25, 0.3) is 5.65 Å². The molecule has 0 aliphatic carbocycles. The topological polar surface area (TPSA) is 66.3 Å². The van der Waals surface area contributed by atoms with Gasteiger partial charge in [0.05, 0.1) is 6.20 Å². The third-order valence-electron chi connectivity index (χ3n) is 3.24. The highest BCUT2D eigenvalue weighted by Crippen LogP contribution is 2.11. The van der Waals surface area contributed by atoms with Gasteiger partial charge in [-0.1, -0.05) is 6.07 Å². The van der Waals surface area contributed by atoms with E-state index in [1.54, 1.807) is 30.5 Å². The summed E-state index contributed by atoms with van der Waals surface area (Å²) in [5, 5.41) is 6.61. The van der Waals surface area contributed by atoms with Crippen LogP contribution in [-0.4, -0.2) is 37.4 Å². The number of aryl methyl sites for hydroxylation is 1. The summed E-state index contributed by atoms with van der Waals surface area (Å²) >= 11 is 0. The molecule has 3 rings (SSSR count). The minimum absolute atomic E-state index is 0.102. The van der Waals surface area contributed by atoms with Gasteiger partial charge in [-0.3, -0.25) is 9.89 Å². The zero-order chi connectivity index (χ0) is 14.1. The van der Waals surface area contributed by atoms with Gasteiger partial charge in [-0.05, 0) is 19.1 Å². The summed E-state index contributed by atoms with van der Waals surface area (Å²) < 4.78 is 1.92. The SMILES string of the molecule is Cc1cccc2nc(C(=O)N(C)Cc3cn[nH]c3)cn12.